The van der Waals surface area contributed by atoms with Crippen LogP contribution in [0.5, 0.6) is 0 Å². The molecule has 1 saturated heterocycles. The van der Waals surface area contributed by atoms with E-state index < -0.39 is 0 Å². The van der Waals surface area contributed by atoms with E-state index in [2.05, 4.69) is 41.6 Å². The Balaban J connectivity index is 1.50. The third-order valence-corrected chi connectivity index (χ3v) is 6.35. The first-order valence-corrected chi connectivity index (χ1v) is 11.6. The summed E-state index contributed by atoms with van der Waals surface area (Å²) in [6, 6.07) is 18.1. The van der Waals surface area contributed by atoms with Gasteiger partial charge in [-0.25, -0.2) is 9.67 Å². The van der Waals surface area contributed by atoms with Crippen LogP contribution in [-0.2, 0) is 11.2 Å². The summed E-state index contributed by atoms with van der Waals surface area (Å²) in [5.74, 6) is -0.106. The molecule has 0 unspecified atom stereocenters. The number of nitrogens with zero attached hydrogens (tertiary/aromatic N) is 3. The van der Waals surface area contributed by atoms with E-state index in [1.54, 1.807) is 0 Å². The van der Waals surface area contributed by atoms with Crippen LogP contribution in [0.3, 0.4) is 0 Å². The van der Waals surface area contributed by atoms with Crippen LogP contribution >= 0.6 is 0 Å². The summed E-state index contributed by atoms with van der Waals surface area (Å²) in [7, 11) is 0. The maximum absolute atomic E-state index is 13.2. The smallest absolute Gasteiger partial charge is 0.252 e. The molecule has 4 aromatic rings. The van der Waals surface area contributed by atoms with Gasteiger partial charge in [0.05, 0.1) is 40.5 Å². The number of para-hydroxylation sites is 1. The SMILES string of the molecule is CCc1ccc(-n2ncc(-c3cc(C(=O)NC[C@@H]4CCCO4)c4ccccc4n3)c2C)cc1. The highest BCUT2D eigenvalue weighted by atomic mass is 16.5. The first-order valence-electron chi connectivity index (χ1n) is 11.6. The molecule has 2 aromatic heterocycles. The van der Waals surface area contributed by atoms with Crippen LogP contribution < -0.4 is 5.32 Å². The van der Waals surface area contributed by atoms with Gasteiger partial charge in [0.15, 0.2) is 0 Å². The van der Waals surface area contributed by atoms with E-state index in [0.717, 1.165) is 59.4 Å². The van der Waals surface area contributed by atoms with E-state index in [1.165, 1.54) is 5.56 Å². The minimum atomic E-state index is -0.106. The van der Waals surface area contributed by atoms with Crippen LogP contribution in [0.1, 0.15) is 41.4 Å². The number of fused-ring (bicyclic) bond motifs is 1. The maximum Gasteiger partial charge on any atom is 0.252 e. The van der Waals surface area contributed by atoms with Crippen molar-refractivity contribution in [3.8, 4) is 16.9 Å². The molecule has 5 rings (SSSR count). The Morgan fingerprint density at radius 2 is 2.00 bits per heavy atom. The van der Waals surface area contributed by atoms with Crippen molar-refractivity contribution in [2.45, 2.75) is 39.2 Å². The predicted molar refractivity (Wildman–Crippen MR) is 130 cm³/mol. The summed E-state index contributed by atoms with van der Waals surface area (Å²) in [5, 5.41) is 8.52. The number of aromatic nitrogens is 3. The Morgan fingerprint density at radius 3 is 2.76 bits per heavy atom. The van der Waals surface area contributed by atoms with Crippen molar-refractivity contribution < 1.29 is 9.53 Å². The molecule has 0 aliphatic carbocycles. The third-order valence-electron chi connectivity index (χ3n) is 6.35. The van der Waals surface area contributed by atoms with E-state index in [4.69, 9.17) is 9.72 Å². The van der Waals surface area contributed by atoms with Crippen LogP contribution in [0.25, 0.3) is 27.8 Å². The predicted octanol–water partition coefficient (Wildman–Crippen LogP) is 4.87. The first kappa shape index (κ1) is 21.3. The Hall–Kier alpha value is -3.51. The van der Waals surface area contributed by atoms with Crippen LogP contribution in [0, 0.1) is 6.92 Å². The first-order chi connectivity index (χ1) is 16.1. The molecule has 1 aliphatic rings. The zero-order valence-corrected chi connectivity index (χ0v) is 19.0. The Bertz CT molecular complexity index is 1290. The second-order valence-corrected chi connectivity index (χ2v) is 8.49. The highest BCUT2D eigenvalue weighted by molar-refractivity contribution is 6.07. The standard InChI is InChI=1S/C27H28N4O2/c1-3-19-10-12-20(13-11-19)31-18(2)24(17-29-31)26-15-23(22-8-4-5-9-25(22)30-26)27(32)28-16-21-7-6-14-33-21/h4-5,8-13,15,17,21H,3,6-7,14,16H2,1-2H3,(H,28,32)/t21-/m0/s1. The molecular weight excluding hydrogens is 412 g/mol. The lowest BCUT2D eigenvalue weighted by atomic mass is 10.0. The number of carbonyl (C=O) groups is 1. The fourth-order valence-electron chi connectivity index (χ4n) is 4.40. The monoisotopic (exact) mass is 440 g/mol. The number of nitrogens with one attached hydrogen (secondary N) is 1. The molecule has 1 aliphatic heterocycles. The van der Waals surface area contributed by atoms with Crippen molar-refractivity contribution in [1.82, 2.24) is 20.1 Å². The largest absolute Gasteiger partial charge is 0.376 e. The van der Waals surface area contributed by atoms with Gasteiger partial charge in [-0.3, -0.25) is 4.79 Å². The summed E-state index contributed by atoms with van der Waals surface area (Å²) >= 11 is 0. The highest BCUT2D eigenvalue weighted by Gasteiger charge is 2.20. The van der Waals surface area contributed by atoms with Crippen molar-refractivity contribution in [2.24, 2.45) is 0 Å². The molecular formula is C27H28N4O2. The summed E-state index contributed by atoms with van der Waals surface area (Å²) in [5.41, 5.74) is 6.33. The number of amides is 1. The molecule has 0 spiro atoms. The number of pyridine rings is 1. The van der Waals surface area contributed by atoms with Gasteiger partial charge < -0.3 is 10.1 Å². The Labute approximate surface area is 193 Å². The van der Waals surface area contributed by atoms with Crippen molar-refractivity contribution in [1.29, 1.82) is 0 Å². The van der Waals surface area contributed by atoms with E-state index in [1.807, 2.05) is 48.1 Å². The molecule has 168 valence electrons. The van der Waals surface area contributed by atoms with Crippen LogP contribution in [0.2, 0.25) is 0 Å². The molecule has 6 nitrogen and oxygen atoms in total. The molecule has 0 bridgehead atoms. The average Bonchev–Trinajstić information content (AvgIpc) is 3.51. The van der Waals surface area contributed by atoms with Crippen molar-refractivity contribution in [3.63, 3.8) is 0 Å². The van der Waals surface area contributed by atoms with Gasteiger partial charge >= 0.3 is 0 Å². The molecule has 1 amide bonds. The number of benzene rings is 2. The fraction of sp³-hybridized carbons (Fsp3) is 0.296. The molecule has 1 atom stereocenters. The quantitative estimate of drug-likeness (QED) is 0.465. The maximum atomic E-state index is 13.2. The van der Waals surface area contributed by atoms with Gasteiger partial charge in [-0.15, -0.1) is 0 Å². The third kappa shape index (κ3) is 4.26. The molecule has 1 N–H and O–H groups in total. The second kappa shape index (κ2) is 9.16. The molecule has 3 heterocycles. The zero-order valence-electron chi connectivity index (χ0n) is 19.0. The van der Waals surface area contributed by atoms with E-state index in [0.29, 0.717) is 12.1 Å². The van der Waals surface area contributed by atoms with Gasteiger partial charge in [0, 0.05) is 24.1 Å². The molecule has 33 heavy (non-hydrogen) atoms. The zero-order chi connectivity index (χ0) is 22.8. The molecule has 2 aromatic carbocycles. The van der Waals surface area contributed by atoms with Gasteiger partial charge in [0.25, 0.3) is 5.91 Å². The number of hydrogen-bond acceptors (Lipinski definition) is 4. The second-order valence-electron chi connectivity index (χ2n) is 8.49. The lowest BCUT2D eigenvalue weighted by Crippen LogP contribution is -2.32. The average molecular weight is 441 g/mol. The summed E-state index contributed by atoms with van der Waals surface area (Å²) < 4.78 is 7.58. The summed E-state index contributed by atoms with van der Waals surface area (Å²) in [6.45, 7) is 5.47. The van der Waals surface area contributed by atoms with E-state index in [9.17, 15) is 4.79 Å². The highest BCUT2D eigenvalue weighted by Crippen LogP contribution is 2.28. The van der Waals surface area contributed by atoms with Crippen LogP contribution in [0.4, 0.5) is 0 Å². The summed E-state index contributed by atoms with van der Waals surface area (Å²) in [6.07, 6.45) is 4.96. The van der Waals surface area contributed by atoms with Gasteiger partial charge in [0.1, 0.15) is 0 Å². The lowest BCUT2D eigenvalue weighted by molar-refractivity contribution is 0.0859. The summed E-state index contributed by atoms with van der Waals surface area (Å²) in [4.78, 5) is 18.0. The number of aryl methyl sites for hydroxylation is 1. The number of hydrogen-bond donors (Lipinski definition) is 1. The number of ether oxygens (including phenoxy) is 1. The van der Waals surface area contributed by atoms with Crippen molar-refractivity contribution in [3.05, 3.63) is 77.6 Å². The van der Waals surface area contributed by atoms with Gasteiger partial charge in [-0.1, -0.05) is 37.3 Å². The number of carbonyl (C=O) groups excluding carboxylic acids is 1. The van der Waals surface area contributed by atoms with E-state index >= 15 is 0 Å². The Kier molecular flexibility index (Phi) is 5.92. The van der Waals surface area contributed by atoms with Crippen molar-refractivity contribution >= 4 is 16.8 Å². The molecule has 0 saturated carbocycles. The molecule has 1 fully saturated rings. The minimum absolute atomic E-state index is 0.0982. The van der Waals surface area contributed by atoms with Crippen LogP contribution in [0.15, 0.2) is 60.8 Å². The number of rotatable bonds is 6. The molecule has 0 radical (unpaired) electrons. The van der Waals surface area contributed by atoms with Gasteiger partial charge in [0.2, 0.25) is 0 Å². The van der Waals surface area contributed by atoms with Crippen LogP contribution in [-0.4, -0.2) is 39.9 Å². The van der Waals surface area contributed by atoms with Gasteiger partial charge in [-0.05, 0) is 56.0 Å². The lowest BCUT2D eigenvalue weighted by Gasteiger charge is -2.13. The molecule has 6 heteroatoms. The fourth-order valence-corrected chi connectivity index (χ4v) is 4.40. The van der Waals surface area contributed by atoms with Gasteiger partial charge in [-0.2, -0.15) is 5.10 Å². The minimum Gasteiger partial charge on any atom is -0.376 e. The van der Waals surface area contributed by atoms with Crippen molar-refractivity contribution in [2.75, 3.05) is 13.2 Å². The normalized spacial score (nSPS) is 15.8. The topological polar surface area (TPSA) is 69.0 Å². The Morgan fingerprint density at radius 1 is 1.18 bits per heavy atom. The van der Waals surface area contributed by atoms with E-state index in [-0.39, 0.29) is 12.0 Å².